The highest BCUT2D eigenvalue weighted by Gasteiger charge is 2.42. The van der Waals surface area contributed by atoms with Gasteiger partial charge in [-0.25, -0.2) is 4.98 Å². The van der Waals surface area contributed by atoms with Gasteiger partial charge in [-0.1, -0.05) is 6.07 Å². The fourth-order valence-corrected chi connectivity index (χ4v) is 5.50. The molecule has 1 fully saturated rings. The third kappa shape index (κ3) is 3.45. The molecule has 5 rings (SSSR count). The SMILES string of the molecule is COc1ccc(N2C(=S)N[C@@H](c3ccccn3)[C@H]2c2cc(C)n(-c3nccs3)c2C)cc1. The zero-order valence-electron chi connectivity index (χ0n) is 18.0. The molecule has 0 spiro atoms. The maximum Gasteiger partial charge on any atom is 0.193 e. The van der Waals surface area contributed by atoms with Crippen molar-refractivity contribution in [3.8, 4) is 10.9 Å². The average Bonchev–Trinajstić information content (AvgIpc) is 3.52. The molecule has 6 nitrogen and oxygen atoms in total. The van der Waals surface area contributed by atoms with Gasteiger partial charge in [-0.3, -0.25) is 9.55 Å². The molecular weight excluding hydrogens is 438 g/mol. The summed E-state index contributed by atoms with van der Waals surface area (Å²) in [7, 11) is 1.67. The minimum Gasteiger partial charge on any atom is -0.497 e. The van der Waals surface area contributed by atoms with Crippen molar-refractivity contribution in [1.82, 2.24) is 19.9 Å². The highest BCUT2D eigenvalue weighted by molar-refractivity contribution is 7.80. The van der Waals surface area contributed by atoms with Crippen LogP contribution in [0.5, 0.6) is 5.75 Å². The van der Waals surface area contributed by atoms with Crippen LogP contribution in [0.15, 0.2) is 66.3 Å². The van der Waals surface area contributed by atoms with Gasteiger partial charge in [0, 0.05) is 34.8 Å². The molecule has 0 bridgehead atoms. The van der Waals surface area contributed by atoms with Gasteiger partial charge in [-0.15, -0.1) is 11.3 Å². The lowest BCUT2D eigenvalue weighted by Gasteiger charge is -2.28. The minimum atomic E-state index is -0.0870. The molecule has 1 aliphatic heterocycles. The number of thiocarbonyl (C=S) groups is 1. The van der Waals surface area contributed by atoms with Gasteiger partial charge in [0.15, 0.2) is 10.2 Å². The summed E-state index contributed by atoms with van der Waals surface area (Å²) in [6, 6.07) is 16.1. The van der Waals surface area contributed by atoms with Crippen LogP contribution in [0, 0.1) is 13.8 Å². The van der Waals surface area contributed by atoms with E-state index < -0.39 is 0 Å². The Morgan fingerprint density at radius 1 is 1.06 bits per heavy atom. The number of methoxy groups -OCH3 is 1. The average molecular weight is 462 g/mol. The molecule has 162 valence electrons. The molecule has 0 unspecified atom stereocenters. The molecule has 0 aliphatic carbocycles. The van der Waals surface area contributed by atoms with Crippen molar-refractivity contribution in [2.24, 2.45) is 0 Å². The van der Waals surface area contributed by atoms with Crippen LogP contribution in [0.2, 0.25) is 0 Å². The van der Waals surface area contributed by atoms with E-state index in [1.807, 2.05) is 60.2 Å². The highest BCUT2D eigenvalue weighted by atomic mass is 32.1. The van der Waals surface area contributed by atoms with Crippen molar-refractivity contribution < 1.29 is 4.74 Å². The van der Waals surface area contributed by atoms with E-state index in [0.29, 0.717) is 5.11 Å². The largest absolute Gasteiger partial charge is 0.497 e. The van der Waals surface area contributed by atoms with Gasteiger partial charge in [0.25, 0.3) is 0 Å². The third-order valence-electron chi connectivity index (χ3n) is 5.85. The molecule has 0 amide bonds. The number of hydrogen-bond donors (Lipinski definition) is 1. The number of hydrogen-bond acceptors (Lipinski definition) is 5. The Morgan fingerprint density at radius 3 is 2.53 bits per heavy atom. The van der Waals surface area contributed by atoms with E-state index in [9.17, 15) is 0 Å². The number of rotatable bonds is 5. The standard InChI is InChI=1S/C24H23N5OS2/c1-15-14-19(16(2)28(15)24-26-12-13-32-24)22-21(20-6-4-5-11-25-20)27-23(31)29(22)17-7-9-18(30-3)10-8-17/h4-14,21-22H,1-3H3,(H,27,31)/t21-,22+/m0/s1. The molecular formula is C24H23N5OS2. The van der Waals surface area contributed by atoms with E-state index in [4.69, 9.17) is 17.0 Å². The maximum atomic E-state index is 5.84. The Morgan fingerprint density at radius 2 is 1.88 bits per heavy atom. The van der Waals surface area contributed by atoms with Gasteiger partial charge in [0.1, 0.15) is 5.75 Å². The quantitative estimate of drug-likeness (QED) is 0.416. The normalized spacial score (nSPS) is 18.1. The van der Waals surface area contributed by atoms with Gasteiger partial charge < -0.3 is 15.0 Å². The number of aromatic nitrogens is 3. The lowest BCUT2D eigenvalue weighted by atomic mass is 9.96. The van der Waals surface area contributed by atoms with Crippen LogP contribution in [0.3, 0.4) is 0 Å². The predicted octanol–water partition coefficient (Wildman–Crippen LogP) is 5.13. The molecule has 3 aromatic heterocycles. The van der Waals surface area contributed by atoms with E-state index >= 15 is 0 Å². The fourth-order valence-electron chi connectivity index (χ4n) is 4.40. The van der Waals surface area contributed by atoms with Crippen LogP contribution >= 0.6 is 23.6 Å². The summed E-state index contributed by atoms with van der Waals surface area (Å²) >= 11 is 7.47. The predicted molar refractivity (Wildman–Crippen MR) is 132 cm³/mol. The summed E-state index contributed by atoms with van der Waals surface area (Å²) in [5.74, 6) is 0.812. The second-order valence-corrected chi connectivity index (χ2v) is 8.93. The minimum absolute atomic E-state index is 0.0642. The number of aryl methyl sites for hydroxylation is 1. The molecule has 4 heterocycles. The highest BCUT2D eigenvalue weighted by Crippen LogP contribution is 2.44. The summed E-state index contributed by atoms with van der Waals surface area (Å²) in [5, 5.41) is 7.17. The van der Waals surface area contributed by atoms with E-state index in [2.05, 4.69) is 44.7 Å². The van der Waals surface area contributed by atoms with Crippen molar-refractivity contribution in [2.75, 3.05) is 12.0 Å². The summed E-state index contributed by atoms with van der Waals surface area (Å²) < 4.78 is 7.57. The number of ether oxygens (including phenoxy) is 1. The number of pyridine rings is 1. The summed E-state index contributed by atoms with van der Waals surface area (Å²) in [6.07, 6.45) is 3.66. The summed E-state index contributed by atoms with van der Waals surface area (Å²) in [4.78, 5) is 11.4. The molecule has 1 aromatic carbocycles. The Kier molecular flexibility index (Phi) is 5.40. The Labute approximate surface area is 196 Å². The first-order valence-corrected chi connectivity index (χ1v) is 11.6. The van der Waals surface area contributed by atoms with E-state index in [0.717, 1.165) is 33.7 Å². The smallest absolute Gasteiger partial charge is 0.193 e. The van der Waals surface area contributed by atoms with Crippen molar-refractivity contribution in [3.05, 3.63) is 88.9 Å². The van der Waals surface area contributed by atoms with Gasteiger partial charge in [0.05, 0.1) is 24.9 Å². The molecule has 2 atom stereocenters. The summed E-state index contributed by atoms with van der Waals surface area (Å²) in [5.41, 5.74) is 5.44. The van der Waals surface area contributed by atoms with Crippen molar-refractivity contribution in [3.63, 3.8) is 0 Å². The number of thiazole rings is 1. The Balaban J connectivity index is 1.66. The third-order valence-corrected chi connectivity index (χ3v) is 6.92. The van der Waals surface area contributed by atoms with Gasteiger partial charge in [-0.05, 0) is 74.1 Å². The zero-order valence-corrected chi connectivity index (χ0v) is 19.7. The Bertz CT molecular complexity index is 1240. The number of anilines is 1. The van der Waals surface area contributed by atoms with Gasteiger partial charge >= 0.3 is 0 Å². The first kappa shape index (κ1) is 20.7. The molecule has 4 aromatic rings. The van der Waals surface area contributed by atoms with Crippen LogP contribution in [0.25, 0.3) is 5.13 Å². The van der Waals surface area contributed by atoms with Crippen molar-refractivity contribution >= 4 is 34.4 Å². The molecule has 1 saturated heterocycles. The van der Waals surface area contributed by atoms with E-state index in [-0.39, 0.29) is 12.1 Å². The number of benzene rings is 1. The molecule has 8 heteroatoms. The van der Waals surface area contributed by atoms with Crippen LogP contribution in [0.4, 0.5) is 5.69 Å². The molecule has 32 heavy (non-hydrogen) atoms. The van der Waals surface area contributed by atoms with E-state index in [1.165, 1.54) is 5.56 Å². The van der Waals surface area contributed by atoms with Crippen LogP contribution in [-0.4, -0.2) is 26.8 Å². The van der Waals surface area contributed by atoms with E-state index in [1.54, 1.807) is 18.4 Å². The first-order valence-electron chi connectivity index (χ1n) is 10.3. The van der Waals surface area contributed by atoms with Gasteiger partial charge in [-0.2, -0.15) is 0 Å². The second kappa shape index (κ2) is 8.37. The maximum absolute atomic E-state index is 5.84. The van der Waals surface area contributed by atoms with Gasteiger partial charge in [0.2, 0.25) is 0 Å². The number of nitrogens with zero attached hydrogens (tertiary/aromatic N) is 4. The molecule has 1 N–H and O–H groups in total. The van der Waals surface area contributed by atoms with Crippen LogP contribution in [-0.2, 0) is 0 Å². The van der Waals surface area contributed by atoms with Crippen LogP contribution in [0.1, 0.15) is 34.7 Å². The molecule has 0 radical (unpaired) electrons. The first-order chi connectivity index (χ1) is 15.6. The van der Waals surface area contributed by atoms with Crippen LogP contribution < -0.4 is 15.0 Å². The topological polar surface area (TPSA) is 55.2 Å². The fraction of sp³-hybridized carbons (Fsp3) is 0.208. The number of nitrogens with one attached hydrogen (secondary N) is 1. The monoisotopic (exact) mass is 461 g/mol. The zero-order chi connectivity index (χ0) is 22.2. The Hall–Kier alpha value is -3.23. The molecule has 1 aliphatic rings. The second-order valence-electron chi connectivity index (χ2n) is 7.67. The summed E-state index contributed by atoms with van der Waals surface area (Å²) in [6.45, 7) is 4.26. The van der Waals surface area contributed by atoms with Crippen molar-refractivity contribution in [1.29, 1.82) is 0 Å². The van der Waals surface area contributed by atoms with Crippen molar-refractivity contribution in [2.45, 2.75) is 25.9 Å². The lowest BCUT2D eigenvalue weighted by Crippen LogP contribution is -2.29. The lowest BCUT2D eigenvalue weighted by molar-refractivity contribution is 0.415. The molecule has 0 saturated carbocycles.